The predicted octanol–water partition coefficient (Wildman–Crippen LogP) is 1.81. The maximum absolute atomic E-state index is 12.1. The van der Waals surface area contributed by atoms with E-state index in [9.17, 15) is 4.79 Å². The maximum Gasteiger partial charge on any atom is 0.326 e. The number of thioether (sulfide) groups is 1. The molecule has 3 atom stereocenters. The quantitative estimate of drug-likeness (QED) is 0.700. The summed E-state index contributed by atoms with van der Waals surface area (Å²) >= 11 is 1.87. The van der Waals surface area contributed by atoms with Gasteiger partial charge < -0.3 is 9.84 Å². The molecule has 0 radical (unpaired) electrons. The Kier molecular flexibility index (Phi) is 6.63. The average Bonchev–Trinajstić information content (AvgIpc) is 2.78. The van der Waals surface area contributed by atoms with Crippen molar-refractivity contribution in [3.8, 4) is 0 Å². The second-order valence-electron chi connectivity index (χ2n) is 5.86. The maximum atomic E-state index is 12.1. The number of esters is 1. The molecule has 1 rings (SSSR count). The molecule has 0 bridgehead atoms. The largest absolute Gasteiger partial charge is 0.468 e. The van der Waals surface area contributed by atoms with E-state index < -0.39 is 5.54 Å². The van der Waals surface area contributed by atoms with Crippen LogP contribution in [0.25, 0.3) is 0 Å². The highest BCUT2D eigenvalue weighted by molar-refractivity contribution is 7.99. The lowest BCUT2D eigenvalue weighted by Crippen LogP contribution is -2.53. The summed E-state index contributed by atoms with van der Waals surface area (Å²) in [6, 6.07) is 0.263. The Morgan fingerprint density at radius 3 is 2.74 bits per heavy atom. The van der Waals surface area contributed by atoms with Crippen LogP contribution < -0.4 is 5.32 Å². The molecule has 1 aliphatic rings. The van der Waals surface area contributed by atoms with Crippen molar-refractivity contribution in [1.29, 1.82) is 0 Å². The summed E-state index contributed by atoms with van der Waals surface area (Å²) < 4.78 is 4.98. The number of aliphatic hydroxyl groups is 1. The van der Waals surface area contributed by atoms with Gasteiger partial charge in [-0.05, 0) is 44.8 Å². The number of rotatable bonds is 7. The molecule has 0 spiro atoms. The molecule has 112 valence electrons. The third-order valence-corrected chi connectivity index (χ3v) is 5.17. The third-order valence-electron chi connectivity index (χ3n) is 3.54. The molecule has 1 fully saturated rings. The van der Waals surface area contributed by atoms with Gasteiger partial charge in [0.05, 0.1) is 7.11 Å². The molecule has 0 saturated heterocycles. The van der Waals surface area contributed by atoms with E-state index in [2.05, 4.69) is 19.2 Å². The first-order chi connectivity index (χ1) is 8.93. The van der Waals surface area contributed by atoms with E-state index in [1.54, 1.807) is 0 Å². The van der Waals surface area contributed by atoms with Gasteiger partial charge in [-0.3, -0.25) is 10.1 Å². The fourth-order valence-corrected chi connectivity index (χ4v) is 4.01. The monoisotopic (exact) mass is 289 g/mol. The van der Waals surface area contributed by atoms with Gasteiger partial charge in [0.25, 0.3) is 0 Å². The van der Waals surface area contributed by atoms with Gasteiger partial charge in [-0.15, -0.1) is 0 Å². The van der Waals surface area contributed by atoms with Gasteiger partial charge in [0.1, 0.15) is 5.54 Å². The minimum atomic E-state index is -0.511. The number of carbonyl (C=O) groups excluding carboxylic acids is 1. The van der Waals surface area contributed by atoms with E-state index in [1.807, 2.05) is 18.7 Å². The van der Waals surface area contributed by atoms with E-state index in [4.69, 9.17) is 9.84 Å². The Bertz CT molecular complexity index is 298. The number of aliphatic hydroxyl groups excluding tert-OH is 1. The summed E-state index contributed by atoms with van der Waals surface area (Å²) in [5.74, 6) is 1.12. The summed E-state index contributed by atoms with van der Waals surface area (Å²) in [5.41, 5.74) is -0.511. The average molecular weight is 289 g/mol. The Morgan fingerprint density at radius 1 is 1.53 bits per heavy atom. The number of hydrogen-bond acceptors (Lipinski definition) is 5. The zero-order valence-electron chi connectivity index (χ0n) is 12.4. The first-order valence-electron chi connectivity index (χ1n) is 7.02. The van der Waals surface area contributed by atoms with Gasteiger partial charge in [0, 0.05) is 17.9 Å². The summed E-state index contributed by atoms with van der Waals surface area (Å²) in [6.07, 6.45) is 2.68. The van der Waals surface area contributed by atoms with Crippen molar-refractivity contribution in [2.75, 3.05) is 19.5 Å². The van der Waals surface area contributed by atoms with E-state index in [-0.39, 0.29) is 18.6 Å². The fourth-order valence-electron chi connectivity index (χ4n) is 2.62. The second kappa shape index (κ2) is 7.50. The van der Waals surface area contributed by atoms with Crippen molar-refractivity contribution in [3.63, 3.8) is 0 Å². The molecule has 2 N–H and O–H groups in total. The Balaban J connectivity index is 2.59. The zero-order valence-corrected chi connectivity index (χ0v) is 13.3. The lowest BCUT2D eigenvalue weighted by Gasteiger charge is -2.30. The normalized spacial score (nSPS) is 28.6. The lowest BCUT2D eigenvalue weighted by atomic mass is 9.96. The number of ether oxygens (including phenoxy) is 1. The molecule has 0 aromatic rings. The summed E-state index contributed by atoms with van der Waals surface area (Å²) in [7, 11) is 1.46. The topological polar surface area (TPSA) is 58.6 Å². The van der Waals surface area contributed by atoms with Crippen LogP contribution in [0.2, 0.25) is 0 Å². The van der Waals surface area contributed by atoms with Gasteiger partial charge in [-0.2, -0.15) is 11.8 Å². The van der Waals surface area contributed by atoms with Gasteiger partial charge in [0.15, 0.2) is 0 Å². The van der Waals surface area contributed by atoms with Crippen molar-refractivity contribution < 1.29 is 14.6 Å². The molecule has 0 aromatic heterocycles. The molecule has 0 amide bonds. The summed E-state index contributed by atoms with van der Waals surface area (Å²) in [6.45, 7) is 6.38. The molecule has 0 aliphatic heterocycles. The molecule has 3 unspecified atom stereocenters. The van der Waals surface area contributed by atoms with Crippen molar-refractivity contribution in [2.24, 2.45) is 5.92 Å². The summed E-state index contributed by atoms with van der Waals surface area (Å²) in [5, 5.41) is 12.9. The highest BCUT2D eigenvalue weighted by atomic mass is 32.2. The highest BCUT2D eigenvalue weighted by Gasteiger charge is 2.46. The Morgan fingerprint density at radius 2 is 2.21 bits per heavy atom. The van der Waals surface area contributed by atoms with Crippen LogP contribution in [0.3, 0.4) is 0 Å². The highest BCUT2D eigenvalue weighted by Crippen LogP contribution is 2.38. The molecular formula is C14H27NO3S. The van der Waals surface area contributed by atoms with Crippen molar-refractivity contribution in [1.82, 2.24) is 5.32 Å². The van der Waals surface area contributed by atoms with Crippen LogP contribution in [0.4, 0.5) is 0 Å². The molecule has 0 aromatic carbocycles. The number of hydrogen-bond donors (Lipinski definition) is 2. The molecule has 1 aliphatic carbocycles. The fraction of sp³-hybridized carbons (Fsp3) is 0.929. The zero-order chi connectivity index (χ0) is 14.5. The van der Waals surface area contributed by atoms with E-state index in [0.29, 0.717) is 11.2 Å². The van der Waals surface area contributed by atoms with Gasteiger partial charge in [-0.1, -0.05) is 6.92 Å². The molecule has 1 saturated carbocycles. The number of methoxy groups -OCH3 is 1. The molecular weight excluding hydrogens is 262 g/mol. The van der Waals surface area contributed by atoms with Gasteiger partial charge in [0.2, 0.25) is 0 Å². The van der Waals surface area contributed by atoms with Crippen molar-refractivity contribution in [2.45, 2.75) is 56.9 Å². The second-order valence-corrected chi connectivity index (χ2v) is 7.19. The SMILES string of the molecule is COC(=O)C1(NC(C)C)CCC(SCC(C)CO)C1. The smallest absolute Gasteiger partial charge is 0.326 e. The molecule has 19 heavy (non-hydrogen) atoms. The van der Waals surface area contributed by atoms with Crippen LogP contribution in [-0.2, 0) is 9.53 Å². The van der Waals surface area contributed by atoms with E-state index in [0.717, 1.165) is 25.0 Å². The van der Waals surface area contributed by atoms with Crippen LogP contribution in [-0.4, -0.2) is 47.4 Å². The Labute approximate surface area is 120 Å². The van der Waals surface area contributed by atoms with Crippen LogP contribution >= 0.6 is 11.8 Å². The summed E-state index contributed by atoms with van der Waals surface area (Å²) in [4.78, 5) is 12.1. The lowest BCUT2D eigenvalue weighted by molar-refractivity contribution is -0.148. The van der Waals surface area contributed by atoms with Gasteiger partial charge in [-0.25, -0.2) is 0 Å². The molecule has 5 heteroatoms. The van der Waals surface area contributed by atoms with E-state index in [1.165, 1.54) is 7.11 Å². The van der Waals surface area contributed by atoms with Crippen molar-refractivity contribution in [3.05, 3.63) is 0 Å². The standard InChI is InChI=1S/C14H27NO3S/c1-10(2)15-14(13(17)18-4)6-5-12(7-14)19-9-11(3)8-16/h10-12,15-16H,5-9H2,1-4H3. The first kappa shape index (κ1) is 16.8. The molecule has 4 nitrogen and oxygen atoms in total. The number of nitrogens with one attached hydrogen (secondary N) is 1. The van der Waals surface area contributed by atoms with Crippen LogP contribution in [0.1, 0.15) is 40.0 Å². The molecule has 0 heterocycles. The van der Waals surface area contributed by atoms with E-state index >= 15 is 0 Å². The van der Waals surface area contributed by atoms with Crippen molar-refractivity contribution >= 4 is 17.7 Å². The minimum Gasteiger partial charge on any atom is -0.468 e. The predicted molar refractivity (Wildman–Crippen MR) is 79.4 cm³/mol. The third kappa shape index (κ3) is 4.65. The van der Waals surface area contributed by atoms with Crippen LogP contribution in [0, 0.1) is 5.92 Å². The van der Waals surface area contributed by atoms with Crippen LogP contribution in [0.15, 0.2) is 0 Å². The first-order valence-corrected chi connectivity index (χ1v) is 8.07. The van der Waals surface area contributed by atoms with Gasteiger partial charge >= 0.3 is 5.97 Å². The van der Waals surface area contributed by atoms with Crippen LogP contribution in [0.5, 0.6) is 0 Å². The minimum absolute atomic E-state index is 0.139. The Hall–Kier alpha value is -0.260. The number of carbonyl (C=O) groups is 1.